The van der Waals surface area contributed by atoms with Gasteiger partial charge in [0, 0.05) is 12.6 Å². The Balaban J connectivity index is 2.59. The highest BCUT2D eigenvalue weighted by Gasteiger charge is 2.21. The van der Waals surface area contributed by atoms with E-state index < -0.39 is 0 Å². The smallest absolute Gasteiger partial charge is 0.169 e. The van der Waals surface area contributed by atoms with Gasteiger partial charge in [-0.1, -0.05) is 11.6 Å². The standard InChI is InChI=1S/C10H12ClNO3/c1-13-9-6(5-12)10-8(4-7(9)11)14-2-3-15-10/h4H,2-3,5,12H2,1H3. The predicted molar refractivity (Wildman–Crippen MR) is 56.9 cm³/mol. The minimum Gasteiger partial charge on any atom is -0.495 e. The van der Waals surface area contributed by atoms with Gasteiger partial charge in [-0.3, -0.25) is 0 Å². The van der Waals surface area contributed by atoms with E-state index in [-0.39, 0.29) is 0 Å². The maximum absolute atomic E-state index is 6.03. The molecule has 0 fully saturated rings. The van der Waals surface area contributed by atoms with Crippen molar-refractivity contribution in [2.75, 3.05) is 20.3 Å². The molecule has 0 atom stereocenters. The number of nitrogens with two attached hydrogens (primary N) is 1. The van der Waals surface area contributed by atoms with Crippen LogP contribution in [0.2, 0.25) is 5.02 Å². The molecule has 4 nitrogen and oxygen atoms in total. The number of halogens is 1. The number of methoxy groups -OCH3 is 1. The Morgan fingerprint density at radius 1 is 1.47 bits per heavy atom. The van der Waals surface area contributed by atoms with Crippen LogP contribution >= 0.6 is 11.6 Å². The summed E-state index contributed by atoms with van der Waals surface area (Å²) < 4.78 is 16.1. The summed E-state index contributed by atoms with van der Waals surface area (Å²) in [5.74, 6) is 1.83. The van der Waals surface area contributed by atoms with E-state index in [1.165, 1.54) is 0 Å². The third-order valence-electron chi connectivity index (χ3n) is 2.24. The summed E-state index contributed by atoms with van der Waals surface area (Å²) in [6, 6.07) is 1.69. The van der Waals surface area contributed by atoms with Crippen LogP contribution in [0.15, 0.2) is 6.07 Å². The fourth-order valence-corrected chi connectivity index (χ4v) is 1.90. The maximum Gasteiger partial charge on any atom is 0.169 e. The van der Waals surface area contributed by atoms with E-state index in [2.05, 4.69) is 0 Å². The lowest BCUT2D eigenvalue weighted by molar-refractivity contribution is 0.169. The fourth-order valence-electron chi connectivity index (χ4n) is 1.61. The summed E-state index contributed by atoms with van der Waals surface area (Å²) in [6.07, 6.45) is 0. The van der Waals surface area contributed by atoms with E-state index in [0.29, 0.717) is 42.0 Å². The molecule has 0 unspecified atom stereocenters. The van der Waals surface area contributed by atoms with Crippen LogP contribution in [0.25, 0.3) is 0 Å². The average Bonchev–Trinajstić information content (AvgIpc) is 2.27. The van der Waals surface area contributed by atoms with Crippen molar-refractivity contribution in [2.45, 2.75) is 6.54 Å². The monoisotopic (exact) mass is 229 g/mol. The molecule has 0 radical (unpaired) electrons. The molecule has 0 saturated carbocycles. The van der Waals surface area contributed by atoms with Gasteiger partial charge in [0.15, 0.2) is 11.5 Å². The van der Waals surface area contributed by atoms with E-state index in [0.717, 1.165) is 5.56 Å². The normalized spacial score (nSPS) is 13.8. The first-order valence-electron chi connectivity index (χ1n) is 4.63. The average molecular weight is 230 g/mol. The number of benzene rings is 1. The zero-order valence-corrected chi connectivity index (χ0v) is 9.13. The van der Waals surface area contributed by atoms with Gasteiger partial charge >= 0.3 is 0 Å². The fraction of sp³-hybridized carbons (Fsp3) is 0.400. The molecule has 1 aromatic rings. The van der Waals surface area contributed by atoms with E-state index in [1.54, 1.807) is 13.2 Å². The van der Waals surface area contributed by atoms with Gasteiger partial charge < -0.3 is 19.9 Å². The van der Waals surface area contributed by atoms with Crippen molar-refractivity contribution in [3.8, 4) is 17.2 Å². The Bertz CT molecular complexity index is 381. The second kappa shape index (κ2) is 4.16. The van der Waals surface area contributed by atoms with Crippen LogP contribution in [0.3, 0.4) is 0 Å². The van der Waals surface area contributed by atoms with E-state index in [1.807, 2.05) is 0 Å². The highest BCUT2D eigenvalue weighted by Crippen LogP contribution is 2.43. The lowest BCUT2D eigenvalue weighted by atomic mass is 10.1. The zero-order chi connectivity index (χ0) is 10.8. The van der Waals surface area contributed by atoms with E-state index >= 15 is 0 Å². The Hall–Kier alpha value is -1.13. The van der Waals surface area contributed by atoms with Crippen LogP contribution in [0.1, 0.15) is 5.56 Å². The molecule has 1 aliphatic heterocycles. The quantitative estimate of drug-likeness (QED) is 0.837. The molecule has 0 saturated heterocycles. The van der Waals surface area contributed by atoms with Crippen molar-refractivity contribution in [3.63, 3.8) is 0 Å². The molecule has 2 N–H and O–H groups in total. The Morgan fingerprint density at radius 3 is 2.87 bits per heavy atom. The summed E-state index contributed by atoms with van der Waals surface area (Å²) in [4.78, 5) is 0. The molecule has 1 heterocycles. The molecule has 2 rings (SSSR count). The Kier molecular flexibility index (Phi) is 2.88. The minimum absolute atomic E-state index is 0.301. The molecule has 0 amide bonds. The van der Waals surface area contributed by atoms with Crippen molar-refractivity contribution in [2.24, 2.45) is 5.73 Å². The predicted octanol–water partition coefficient (Wildman–Crippen LogP) is 1.58. The second-order valence-electron chi connectivity index (χ2n) is 3.10. The minimum atomic E-state index is 0.301. The van der Waals surface area contributed by atoms with Crippen LogP contribution in [0.4, 0.5) is 0 Å². The third-order valence-corrected chi connectivity index (χ3v) is 2.52. The second-order valence-corrected chi connectivity index (χ2v) is 3.51. The number of fused-ring (bicyclic) bond motifs is 1. The Labute approximate surface area is 92.9 Å². The van der Waals surface area contributed by atoms with Crippen LogP contribution in [0, 0.1) is 0 Å². The van der Waals surface area contributed by atoms with Gasteiger partial charge in [0.05, 0.1) is 17.7 Å². The highest BCUT2D eigenvalue weighted by atomic mass is 35.5. The van der Waals surface area contributed by atoms with Crippen molar-refractivity contribution in [3.05, 3.63) is 16.7 Å². The molecule has 0 aromatic heterocycles. The van der Waals surface area contributed by atoms with Crippen molar-refractivity contribution in [1.82, 2.24) is 0 Å². The molecule has 5 heteroatoms. The van der Waals surface area contributed by atoms with Gasteiger partial charge in [0.2, 0.25) is 0 Å². The van der Waals surface area contributed by atoms with Gasteiger partial charge in [-0.25, -0.2) is 0 Å². The van der Waals surface area contributed by atoms with Gasteiger partial charge in [-0.05, 0) is 0 Å². The molecular formula is C10H12ClNO3. The van der Waals surface area contributed by atoms with Crippen molar-refractivity contribution < 1.29 is 14.2 Å². The van der Waals surface area contributed by atoms with Crippen molar-refractivity contribution in [1.29, 1.82) is 0 Å². The first kappa shape index (κ1) is 10.4. The SMILES string of the molecule is COc1c(Cl)cc2c(c1CN)OCCO2. The summed E-state index contributed by atoms with van der Waals surface area (Å²) in [5.41, 5.74) is 6.39. The number of hydrogen-bond acceptors (Lipinski definition) is 4. The molecule has 0 bridgehead atoms. The summed E-state index contributed by atoms with van der Waals surface area (Å²) in [7, 11) is 1.55. The van der Waals surface area contributed by atoms with Crippen LogP contribution in [0.5, 0.6) is 17.2 Å². The van der Waals surface area contributed by atoms with Gasteiger partial charge in [0.25, 0.3) is 0 Å². The molecule has 1 aliphatic rings. The van der Waals surface area contributed by atoms with E-state index in [4.69, 9.17) is 31.5 Å². The largest absolute Gasteiger partial charge is 0.495 e. The number of rotatable bonds is 2. The van der Waals surface area contributed by atoms with Crippen LogP contribution in [-0.4, -0.2) is 20.3 Å². The van der Waals surface area contributed by atoms with Crippen molar-refractivity contribution >= 4 is 11.6 Å². The molecule has 1 aromatic carbocycles. The first-order valence-corrected chi connectivity index (χ1v) is 5.00. The molecule has 15 heavy (non-hydrogen) atoms. The van der Waals surface area contributed by atoms with Gasteiger partial charge in [-0.2, -0.15) is 0 Å². The molecule has 0 spiro atoms. The lowest BCUT2D eigenvalue weighted by Crippen LogP contribution is -2.18. The molecule has 82 valence electrons. The van der Waals surface area contributed by atoms with Gasteiger partial charge in [0.1, 0.15) is 19.0 Å². The lowest BCUT2D eigenvalue weighted by Gasteiger charge is -2.22. The number of hydrogen-bond donors (Lipinski definition) is 1. The first-order chi connectivity index (χ1) is 7.27. The maximum atomic E-state index is 6.03. The highest BCUT2D eigenvalue weighted by molar-refractivity contribution is 6.32. The molecular weight excluding hydrogens is 218 g/mol. The topological polar surface area (TPSA) is 53.7 Å². The summed E-state index contributed by atoms with van der Waals surface area (Å²) >= 11 is 6.03. The Morgan fingerprint density at radius 2 is 2.20 bits per heavy atom. The summed E-state index contributed by atoms with van der Waals surface area (Å²) in [6.45, 7) is 1.35. The van der Waals surface area contributed by atoms with E-state index in [9.17, 15) is 0 Å². The van der Waals surface area contributed by atoms with Gasteiger partial charge in [-0.15, -0.1) is 0 Å². The molecule has 0 aliphatic carbocycles. The third kappa shape index (κ3) is 1.70. The number of ether oxygens (including phenoxy) is 3. The zero-order valence-electron chi connectivity index (χ0n) is 8.38. The van der Waals surface area contributed by atoms with Crippen LogP contribution in [-0.2, 0) is 6.54 Å². The summed E-state index contributed by atoms with van der Waals surface area (Å²) in [5, 5.41) is 0.488. The van der Waals surface area contributed by atoms with Crippen LogP contribution < -0.4 is 19.9 Å².